The second kappa shape index (κ2) is 4.97. The number of aliphatic hydroxyl groups is 1. The third-order valence-electron chi connectivity index (χ3n) is 4.70. The van der Waals surface area contributed by atoms with Crippen LogP contribution < -0.4 is 0 Å². The second-order valence-electron chi connectivity index (χ2n) is 6.06. The molecule has 1 aliphatic carbocycles. The topological polar surface area (TPSA) is 57.5 Å². The molecule has 0 aliphatic heterocycles. The first kappa shape index (κ1) is 14.1. The summed E-state index contributed by atoms with van der Waals surface area (Å²) in [6.07, 6.45) is 3.32. The number of aliphatic carboxylic acids is 1. The van der Waals surface area contributed by atoms with Crippen LogP contribution >= 0.6 is 0 Å². The Labute approximate surface area is 114 Å². The van der Waals surface area contributed by atoms with Crippen LogP contribution in [0.25, 0.3) is 0 Å². The van der Waals surface area contributed by atoms with Gasteiger partial charge in [0.15, 0.2) is 0 Å². The average Bonchev–Trinajstić information content (AvgIpc) is 2.40. The van der Waals surface area contributed by atoms with E-state index in [0.29, 0.717) is 6.42 Å². The van der Waals surface area contributed by atoms with Crippen molar-refractivity contribution in [2.75, 3.05) is 0 Å². The first-order chi connectivity index (χ1) is 8.89. The number of hydrogen-bond acceptors (Lipinski definition) is 2. The van der Waals surface area contributed by atoms with E-state index >= 15 is 0 Å². The maximum Gasteiger partial charge on any atom is 0.312 e. The SMILES string of the molecule is CC(C)(C(=O)O)C1(O)CCCCC1c1ccccc1. The smallest absolute Gasteiger partial charge is 0.312 e. The van der Waals surface area contributed by atoms with Crippen molar-refractivity contribution in [3.05, 3.63) is 35.9 Å². The molecule has 2 rings (SSSR count). The van der Waals surface area contributed by atoms with Gasteiger partial charge in [0.25, 0.3) is 0 Å². The van der Waals surface area contributed by atoms with E-state index in [-0.39, 0.29) is 5.92 Å². The molecule has 0 amide bonds. The summed E-state index contributed by atoms with van der Waals surface area (Å²) in [5.74, 6) is -1.04. The summed E-state index contributed by atoms with van der Waals surface area (Å²) in [4.78, 5) is 11.5. The van der Waals surface area contributed by atoms with Gasteiger partial charge in [-0.3, -0.25) is 4.79 Å². The van der Waals surface area contributed by atoms with Gasteiger partial charge in [0, 0.05) is 5.92 Å². The Hall–Kier alpha value is -1.35. The molecule has 2 unspecified atom stereocenters. The average molecular weight is 262 g/mol. The van der Waals surface area contributed by atoms with Gasteiger partial charge in [-0.15, -0.1) is 0 Å². The molecule has 0 radical (unpaired) electrons. The van der Waals surface area contributed by atoms with Gasteiger partial charge in [0.05, 0.1) is 11.0 Å². The molecule has 0 bridgehead atoms. The van der Waals surface area contributed by atoms with E-state index in [0.717, 1.165) is 24.8 Å². The molecule has 3 heteroatoms. The fraction of sp³-hybridized carbons (Fsp3) is 0.562. The number of carboxylic acids is 1. The Morgan fingerprint density at radius 1 is 1.26 bits per heavy atom. The first-order valence-corrected chi connectivity index (χ1v) is 6.90. The zero-order valence-electron chi connectivity index (χ0n) is 11.6. The molecule has 2 atom stereocenters. The van der Waals surface area contributed by atoms with Crippen LogP contribution in [0.5, 0.6) is 0 Å². The van der Waals surface area contributed by atoms with Gasteiger partial charge >= 0.3 is 5.97 Å². The molecular weight excluding hydrogens is 240 g/mol. The molecule has 104 valence electrons. The summed E-state index contributed by atoms with van der Waals surface area (Å²) in [5, 5.41) is 20.6. The van der Waals surface area contributed by atoms with Crippen molar-refractivity contribution in [2.24, 2.45) is 5.41 Å². The molecular formula is C16H22O3. The first-order valence-electron chi connectivity index (χ1n) is 6.90. The second-order valence-corrected chi connectivity index (χ2v) is 6.06. The van der Waals surface area contributed by atoms with E-state index in [1.165, 1.54) is 0 Å². The lowest BCUT2D eigenvalue weighted by atomic mass is 9.60. The minimum absolute atomic E-state index is 0.103. The summed E-state index contributed by atoms with van der Waals surface area (Å²) < 4.78 is 0. The number of carbonyl (C=O) groups is 1. The molecule has 0 heterocycles. The van der Waals surface area contributed by atoms with Crippen LogP contribution in [0.2, 0.25) is 0 Å². The largest absolute Gasteiger partial charge is 0.481 e. The maximum atomic E-state index is 11.5. The van der Waals surface area contributed by atoms with Crippen LogP contribution in [0.3, 0.4) is 0 Å². The van der Waals surface area contributed by atoms with Crippen LogP contribution in [-0.2, 0) is 4.79 Å². The Bertz CT molecular complexity index is 452. The molecule has 1 aliphatic rings. The Morgan fingerprint density at radius 3 is 2.47 bits per heavy atom. The standard InChI is InChI=1S/C16H22O3/c1-15(2,14(17)18)16(19)11-7-6-10-13(16)12-8-4-3-5-9-12/h3-5,8-9,13,19H,6-7,10-11H2,1-2H3,(H,17,18). The van der Waals surface area contributed by atoms with Gasteiger partial charge in [0.2, 0.25) is 0 Å². The molecule has 19 heavy (non-hydrogen) atoms. The molecule has 1 saturated carbocycles. The summed E-state index contributed by atoms with van der Waals surface area (Å²) >= 11 is 0. The van der Waals surface area contributed by atoms with E-state index < -0.39 is 17.0 Å². The van der Waals surface area contributed by atoms with Crippen LogP contribution in [0.1, 0.15) is 51.0 Å². The quantitative estimate of drug-likeness (QED) is 0.879. The van der Waals surface area contributed by atoms with Gasteiger partial charge < -0.3 is 10.2 Å². The lowest BCUT2D eigenvalue weighted by Gasteiger charge is -2.48. The van der Waals surface area contributed by atoms with Crippen molar-refractivity contribution in [2.45, 2.75) is 51.0 Å². The lowest BCUT2D eigenvalue weighted by Crippen LogP contribution is -2.54. The summed E-state index contributed by atoms with van der Waals surface area (Å²) in [6.45, 7) is 3.27. The summed E-state index contributed by atoms with van der Waals surface area (Å²) in [7, 11) is 0. The third kappa shape index (κ3) is 2.27. The molecule has 2 N–H and O–H groups in total. The highest BCUT2D eigenvalue weighted by atomic mass is 16.4. The minimum atomic E-state index is -1.18. The Balaban J connectivity index is 2.43. The van der Waals surface area contributed by atoms with Gasteiger partial charge in [-0.1, -0.05) is 43.2 Å². The van der Waals surface area contributed by atoms with Gasteiger partial charge in [-0.05, 0) is 32.3 Å². The molecule has 1 aromatic rings. The van der Waals surface area contributed by atoms with E-state index in [1.54, 1.807) is 13.8 Å². The zero-order valence-corrected chi connectivity index (χ0v) is 11.6. The highest BCUT2D eigenvalue weighted by Crippen LogP contribution is 2.50. The van der Waals surface area contributed by atoms with Crippen molar-refractivity contribution in [3.8, 4) is 0 Å². The highest BCUT2D eigenvalue weighted by Gasteiger charge is 2.54. The molecule has 1 fully saturated rings. The van der Waals surface area contributed by atoms with Crippen LogP contribution in [0.15, 0.2) is 30.3 Å². The van der Waals surface area contributed by atoms with E-state index in [2.05, 4.69) is 0 Å². The predicted molar refractivity (Wildman–Crippen MR) is 74.0 cm³/mol. The third-order valence-corrected chi connectivity index (χ3v) is 4.70. The minimum Gasteiger partial charge on any atom is -0.481 e. The summed E-state index contributed by atoms with van der Waals surface area (Å²) in [6, 6.07) is 9.79. The number of benzene rings is 1. The van der Waals surface area contributed by atoms with Crippen molar-refractivity contribution in [1.29, 1.82) is 0 Å². The van der Waals surface area contributed by atoms with Crippen LogP contribution in [0.4, 0.5) is 0 Å². The molecule has 0 spiro atoms. The van der Waals surface area contributed by atoms with Gasteiger partial charge in [-0.2, -0.15) is 0 Å². The predicted octanol–water partition coefficient (Wildman–Crippen LogP) is 3.19. The number of rotatable bonds is 3. The van der Waals surface area contributed by atoms with E-state index in [1.807, 2.05) is 30.3 Å². The molecule has 1 aromatic carbocycles. The van der Waals surface area contributed by atoms with Crippen molar-refractivity contribution in [1.82, 2.24) is 0 Å². The van der Waals surface area contributed by atoms with Gasteiger partial charge in [0.1, 0.15) is 0 Å². The number of hydrogen-bond donors (Lipinski definition) is 2. The monoisotopic (exact) mass is 262 g/mol. The lowest BCUT2D eigenvalue weighted by molar-refractivity contribution is -0.172. The van der Waals surface area contributed by atoms with Crippen LogP contribution in [-0.4, -0.2) is 21.8 Å². The normalized spacial score (nSPS) is 28.1. The van der Waals surface area contributed by atoms with E-state index in [4.69, 9.17) is 0 Å². The fourth-order valence-electron chi connectivity index (χ4n) is 3.22. The van der Waals surface area contributed by atoms with Crippen molar-refractivity contribution >= 4 is 5.97 Å². The maximum absolute atomic E-state index is 11.5. The van der Waals surface area contributed by atoms with Crippen molar-refractivity contribution in [3.63, 3.8) is 0 Å². The Kier molecular flexibility index (Phi) is 3.68. The Morgan fingerprint density at radius 2 is 1.89 bits per heavy atom. The molecule has 0 saturated heterocycles. The summed E-state index contributed by atoms with van der Waals surface area (Å²) in [5.41, 5.74) is -1.29. The highest BCUT2D eigenvalue weighted by molar-refractivity contribution is 5.75. The van der Waals surface area contributed by atoms with Crippen LogP contribution in [0, 0.1) is 5.41 Å². The molecule has 3 nitrogen and oxygen atoms in total. The van der Waals surface area contributed by atoms with E-state index in [9.17, 15) is 15.0 Å². The fourth-order valence-corrected chi connectivity index (χ4v) is 3.22. The number of carboxylic acid groups (broad SMARTS) is 1. The zero-order chi connectivity index (χ0) is 14.1. The molecule has 0 aromatic heterocycles. The van der Waals surface area contributed by atoms with Gasteiger partial charge in [-0.25, -0.2) is 0 Å². The van der Waals surface area contributed by atoms with Crippen molar-refractivity contribution < 1.29 is 15.0 Å².